The number of carbonyl (C=O) groups is 1. The van der Waals surface area contributed by atoms with Crippen molar-refractivity contribution in [2.75, 3.05) is 18.0 Å². The van der Waals surface area contributed by atoms with Crippen LogP contribution in [0, 0.1) is 17.2 Å². The summed E-state index contributed by atoms with van der Waals surface area (Å²) >= 11 is 3.38. The number of nitrogens with zero attached hydrogens (tertiary/aromatic N) is 2. The first-order valence-electron chi connectivity index (χ1n) is 6.07. The van der Waals surface area contributed by atoms with Gasteiger partial charge in [0.05, 0.1) is 11.3 Å². The Kier molecular flexibility index (Phi) is 4.03. The Bertz CT molecular complexity index is 499. The number of nitriles is 1. The van der Waals surface area contributed by atoms with E-state index in [0.29, 0.717) is 5.56 Å². The van der Waals surface area contributed by atoms with Gasteiger partial charge in [0.15, 0.2) is 0 Å². The highest BCUT2D eigenvalue weighted by molar-refractivity contribution is 9.10. The first-order chi connectivity index (χ1) is 8.61. The van der Waals surface area contributed by atoms with Crippen LogP contribution in [-0.4, -0.2) is 18.9 Å². The summed E-state index contributed by atoms with van der Waals surface area (Å²) in [5, 5.41) is 9.16. The van der Waals surface area contributed by atoms with Crippen molar-refractivity contribution in [3.63, 3.8) is 0 Å². The van der Waals surface area contributed by atoms with Gasteiger partial charge < -0.3 is 4.90 Å². The molecule has 1 heterocycles. The maximum Gasteiger partial charge on any atom is 0.133 e. The van der Waals surface area contributed by atoms with Crippen molar-refractivity contribution >= 4 is 27.4 Å². The van der Waals surface area contributed by atoms with Crippen molar-refractivity contribution in [3.8, 4) is 6.07 Å². The summed E-state index contributed by atoms with van der Waals surface area (Å²) in [6.07, 6.45) is 1.77. The van der Waals surface area contributed by atoms with Crippen molar-refractivity contribution in [3.05, 3.63) is 28.2 Å². The number of ketones is 1. The second-order valence-corrected chi connectivity index (χ2v) is 5.56. The molecule has 0 amide bonds. The molecule has 0 bridgehead atoms. The molecular formula is C14H15BrN2O. The number of rotatable bonds is 2. The molecule has 18 heavy (non-hydrogen) atoms. The van der Waals surface area contributed by atoms with Crippen LogP contribution in [0.5, 0.6) is 0 Å². The molecule has 94 valence electrons. The molecule has 1 fully saturated rings. The quantitative estimate of drug-likeness (QED) is 0.843. The predicted octanol–water partition coefficient (Wildman–Crippen LogP) is 3.13. The van der Waals surface area contributed by atoms with Crippen LogP contribution < -0.4 is 4.90 Å². The molecule has 0 atom stereocenters. The number of Topliss-reactive ketones (excluding diaryl/α,β-unsaturated/α-hetero) is 1. The van der Waals surface area contributed by atoms with Gasteiger partial charge in [-0.1, -0.05) is 15.9 Å². The highest BCUT2D eigenvalue weighted by Crippen LogP contribution is 2.28. The second-order valence-electron chi connectivity index (χ2n) is 4.65. The van der Waals surface area contributed by atoms with Crippen molar-refractivity contribution < 1.29 is 4.79 Å². The van der Waals surface area contributed by atoms with E-state index in [-0.39, 0.29) is 11.7 Å². The third-order valence-corrected chi connectivity index (χ3v) is 3.98. The lowest BCUT2D eigenvalue weighted by atomic mass is 9.93. The molecule has 0 aromatic heterocycles. The van der Waals surface area contributed by atoms with E-state index in [2.05, 4.69) is 26.9 Å². The van der Waals surface area contributed by atoms with E-state index in [1.165, 1.54) is 0 Å². The van der Waals surface area contributed by atoms with Gasteiger partial charge in [-0.05, 0) is 38.0 Å². The molecule has 1 saturated heterocycles. The Labute approximate surface area is 116 Å². The Morgan fingerprint density at radius 2 is 2.11 bits per heavy atom. The lowest BCUT2D eigenvalue weighted by Crippen LogP contribution is -2.36. The lowest BCUT2D eigenvalue weighted by molar-refractivity contribution is -0.121. The zero-order chi connectivity index (χ0) is 13.1. The van der Waals surface area contributed by atoms with E-state index in [0.717, 1.165) is 36.1 Å². The average molecular weight is 307 g/mol. The second kappa shape index (κ2) is 5.53. The van der Waals surface area contributed by atoms with Crippen LogP contribution >= 0.6 is 15.9 Å². The molecule has 3 nitrogen and oxygen atoms in total. The fourth-order valence-electron chi connectivity index (χ4n) is 2.40. The predicted molar refractivity (Wildman–Crippen MR) is 74.5 cm³/mol. The number of benzene rings is 1. The van der Waals surface area contributed by atoms with Gasteiger partial charge in [-0.25, -0.2) is 0 Å². The first kappa shape index (κ1) is 13.1. The normalized spacial score (nSPS) is 16.4. The standard InChI is InChI=1S/C14H15BrN2O/c1-10(18)11-4-6-17(7-5-11)14-3-2-13(15)8-12(14)9-16/h2-3,8,11H,4-7H2,1H3. The van der Waals surface area contributed by atoms with Crippen molar-refractivity contribution in [1.82, 2.24) is 0 Å². The summed E-state index contributed by atoms with van der Waals surface area (Å²) in [5.41, 5.74) is 1.66. The summed E-state index contributed by atoms with van der Waals surface area (Å²) in [5.74, 6) is 0.480. The van der Waals surface area contributed by atoms with E-state index in [1.54, 1.807) is 6.92 Å². The molecule has 4 heteroatoms. The molecule has 0 unspecified atom stereocenters. The summed E-state index contributed by atoms with van der Waals surface area (Å²) in [6, 6.07) is 7.99. The first-order valence-corrected chi connectivity index (χ1v) is 6.86. The third kappa shape index (κ3) is 2.73. The van der Waals surface area contributed by atoms with Crippen molar-refractivity contribution in [2.24, 2.45) is 5.92 Å². The third-order valence-electron chi connectivity index (χ3n) is 3.49. The largest absolute Gasteiger partial charge is 0.370 e. The van der Waals surface area contributed by atoms with Crippen LogP contribution in [0.4, 0.5) is 5.69 Å². The Balaban J connectivity index is 2.15. The lowest BCUT2D eigenvalue weighted by Gasteiger charge is -2.33. The SMILES string of the molecule is CC(=O)C1CCN(c2ccc(Br)cc2C#N)CC1. The van der Waals surface area contributed by atoms with Crippen molar-refractivity contribution in [2.45, 2.75) is 19.8 Å². The van der Waals surface area contributed by atoms with Crippen LogP contribution in [-0.2, 0) is 4.79 Å². The minimum absolute atomic E-state index is 0.197. The number of hydrogen-bond donors (Lipinski definition) is 0. The van der Waals surface area contributed by atoms with E-state index in [9.17, 15) is 4.79 Å². The van der Waals surface area contributed by atoms with Gasteiger partial charge in [-0.2, -0.15) is 5.26 Å². The molecule has 0 spiro atoms. The van der Waals surface area contributed by atoms with Gasteiger partial charge in [0, 0.05) is 23.5 Å². The molecule has 0 aliphatic carbocycles. The van der Waals surface area contributed by atoms with Gasteiger partial charge in [-0.15, -0.1) is 0 Å². The summed E-state index contributed by atoms with van der Waals surface area (Å²) in [6.45, 7) is 3.36. The number of halogens is 1. The number of anilines is 1. The van der Waals surface area contributed by atoms with Gasteiger partial charge in [0.1, 0.15) is 11.9 Å². The van der Waals surface area contributed by atoms with Gasteiger partial charge in [0.25, 0.3) is 0 Å². The topological polar surface area (TPSA) is 44.1 Å². The van der Waals surface area contributed by atoms with Crippen LogP contribution in [0.3, 0.4) is 0 Å². The molecule has 1 aromatic carbocycles. The average Bonchev–Trinajstić information content (AvgIpc) is 2.38. The minimum atomic E-state index is 0.197. The van der Waals surface area contributed by atoms with Gasteiger partial charge >= 0.3 is 0 Å². The molecule has 0 N–H and O–H groups in total. The van der Waals surface area contributed by atoms with Crippen molar-refractivity contribution in [1.29, 1.82) is 5.26 Å². The summed E-state index contributed by atoms with van der Waals surface area (Å²) < 4.78 is 0.918. The molecule has 1 aliphatic heterocycles. The van der Waals surface area contributed by atoms with E-state index >= 15 is 0 Å². The van der Waals surface area contributed by atoms with Crippen LogP contribution in [0.15, 0.2) is 22.7 Å². The van der Waals surface area contributed by atoms with E-state index in [1.807, 2.05) is 18.2 Å². The highest BCUT2D eigenvalue weighted by atomic mass is 79.9. The van der Waals surface area contributed by atoms with Gasteiger partial charge in [-0.3, -0.25) is 4.79 Å². The Morgan fingerprint density at radius 3 is 2.67 bits per heavy atom. The fourth-order valence-corrected chi connectivity index (χ4v) is 2.76. The molecule has 1 aromatic rings. The zero-order valence-electron chi connectivity index (χ0n) is 10.3. The maximum absolute atomic E-state index is 11.3. The molecule has 2 rings (SSSR count). The monoisotopic (exact) mass is 306 g/mol. The highest BCUT2D eigenvalue weighted by Gasteiger charge is 2.23. The molecule has 0 radical (unpaired) electrons. The molecular weight excluding hydrogens is 292 g/mol. The zero-order valence-corrected chi connectivity index (χ0v) is 11.9. The number of hydrogen-bond acceptors (Lipinski definition) is 3. The van der Waals surface area contributed by atoms with E-state index < -0.39 is 0 Å². The maximum atomic E-state index is 11.3. The van der Waals surface area contributed by atoms with Gasteiger partial charge in [0.2, 0.25) is 0 Å². The Hall–Kier alpha value is -1.34. The number of carbonyl (C=O) groups excluding carboxylic acids is 1. The molecule has 1 aliphatic rings. The summed E-state index contributed by atoms with van der Waals surface area (Å²) in [7, 11) is 0. The smallest absolute Gasteiger partial charge is 0.133 e. The van der Waals surface area contributed by atoms with E-state index in [4.69, 9.17) is 5.26 Å². The van der Waals surface area contributed by atoms with Crippen LogP contribution in [0.1, 0.15) is 25.3 Å². The summed E-state index contributed by atoms with van der Waals surface area (Å²) in [4.78, 5) is 13.5. The minimum Gasteiger partial charge on any atom is -0.370 e. The number of piperidine rings is 1. The Morgan fingerprint density at radius 1 is 1.44 bits per heavy atom. The van der Waals surface area contributed by atoms with Crippen LogP contribution in [0.25, 0.3) is 0 Å². The van der Waals surface area contributed by atoms with Crippen LogP contribution in [0.2, 0.25) is 0 Å². The molecule has 0 saturated carbocycles. The fraction of sp³-hybridized carbons (Fsp3) is 0.429.